The van der Waals surface area contributed by atoms with Gasteiger partial charge in [0.15, 0.2) is 0 Å². The topological polar surface area (TPSA) is 30.5 Å². The Morgan fingerprint density at radius 3 is 2.94 bits per heavy atom. The van der Waals surface area contributed by atoms with Gasteiger partial charge in [0.05, 0.1) is 12.2 Å². The molecule has 0 bridgehead atoms. The molecule has 0 radical (unpaired) electrons. The zero-order valence-corrected chi connectivity index (χ0v) is 10.2. The predicted molar refractivity (Wildman–Crippen MR) is 62.4 cm³/mol. The highest BCUT2D eigenvalue weighted by Gasteiger charge is 2.41. The van der Waals surface area contributed by atoms with E-state index in [9.17, 15) is 0 Å². The van der Waals surface area contributed by atoms with Gasteiger partial charge in [-0.1, -0.05) is 6.92 Å². The number of ether oxygens (including phenoxy) is 2. The first kappa shape index (κ1) is 11.0. The molecule has 4 atom stereocenters. The molecular weight excluding hydrogens is 202 g/mol. The van der Waals surface area contributed by atoms with Crippen LogP contribution in [-0.2, 0) is 9.47 Å². The van der Waals surface area contributed by atoms with E-state index in [4.69, 9.17) is 9.47 Å². The molecule has 1 aliphatic carbocycles. The van der Waals surface area contributed by atoms with Crippen molar-refractivity contribution >= 4 is 0 Å². The second kappa shape index (κ2) is 4.28. The molecule has 2 aliphatic heterocycles. The van der Waals surface area contributed by atoms with Crippen molar-refractivity contribution in [1.29, 1.82) is 0 Å². The zero-order chi connectivity index (χ0) is 11.0. The van der Waals surface area contributed by atoms with Crippen LogP contribution in [0.3, 0.4) is 0 Å². The zero-order valence-electron chi connectivity index (χ0n) is 10.2. The van der Waals surface area contributed by atoms with Gasteiger partial charge in [0.25, 0.3) is 0 Å². The molecule has 0 amide bonds. The molecule has 4 unspecified atom stereocenters. The van der Waals surface area contributed by atoms with Crippen molar-refractivity contribution in [3.05, 3.63) is 0 Å². The van der Waals surface area contributed by atoms with E-state index in [-0.39, 0.29) is 5.60 Å². The molecule has 16 heavy (non-hydrogen) atoms. The average molecular weight is 225 g/mol. The summed E-state index contributed by atoms with van der Waals surface area (Å²) in [6.07, 6.45) is 4.83. The van der Waals surface area contributed by atoms with Gasteiger partial charge < -0.3 is 14.8 Å². The van der Waals surface area contributed by atoms with Crippen LogP contribution >= 0.6 is 0 Å². The number of hydrogen-bond donors (Lipinski definition) is 1. The lowest BCUT2D eigenvalue weighted by Crippen LogP contribution is -2.47. The summed E-state index contributed by atoms with van der Waals surface area (Å²) < 4.78 is 11.4. The molecule has 2 saturated heterocycles. The Labute approximate surface area is 97.9 Å². The molecular formula is C13H23NO2. The Bertz CT molecular complexity index is 250. The van der Waals surface area contributed by atoms with E-state index >= 15 is 0 Å². The SMILES string of the molecule is CC1CC1CNC1CCOC2(CCOC2)C1. The second-order valence-electron chi connectivity index (χ2n) is 5.91. The molecule has 3 heteroatoms. The molecule has 3 aliphatic rings. The Hall–Kier alpha value is -0.120. The summed E-state index contributed by atoms with van der Waals surface area (Å²) in [6, 6.07) is 0.656. The highest BCUT2D eigenvalue weighted by Crippen LogP contribution is 2.38. The van der Waals surface area contributed by atoms with Crippen LogP contribution in [0.25, 0.3) is 0 Å². The van der Waals surface area contributed by atoms with E-state index in [1.807, 2.05) is 0 Å². The van der Waals surface area contributed by atoms with E-state index in [1.165, 1.54) is 19.4 Å². The summed E-state index contributed by atoms with van der Waals surface area (Å²) >= 11 is 0. The van der Waals surface area contributed by atoms with Gasteiger partial charge in [-0.15, -0.1) is 0 Å². The Morgan fingerprint density at radius 1 is 1.38 bits per heavy atom. The summed E-state index contributed by atoms with van der Waals surface area (Å²) in [5.41, 5.74) is 0.0606. The molecule has 1 saturated carbocycles. The smallest absolute Gasteiger partial charge is 0.0951 e. The summed E-state index contributed by atoms with van der Waals surface area (Å²) in [6.45, 7) is 6.16. The maximum absolute atomic E-state index is 5.94. The van der Waals surface area contributed by atoms with Crippen LogP contribution in [0, 0.1) is 11.8 Å². The van der Waals surface area contributed by atoms with Crippen molar-refractivity contribution < 1.29 is 9.47 Å². The summed E-state index contributed by atoms with van der Waals surface area (Å²) in [4.78, 5) is 0. The van der Waals surface area contributed by atoms with E-state index in [0.29, 0.717) is 6.04 Å². The van der Waals surface area contributed by atoms with E-state index < -0.39 is 0 Å². The monoisotopic (exact) mass is 225 g/mol. The quantitative estimate of drug-likeness (QED) is 0.791. The molecule has 0 aromatic carbocycles. The lowest BCUT2D eigenvalue weighted by molar-refractivity contribution is -0.0893. The number of hydrogen-bond acceptors (Lipinski definition) is 3. The minimum absolute atomic E-state index is 0.0606. The molecule has 0 aromatic heterocycles. The molecule has 1 N–H and O–H groups in total. The summed E-state index contributed by atoms with van der Waals surface area (Å²) in [7, 11) is 0. The molecule has 1 spiro atoms. The van der Waals surface area contributed by atoms with E-state index in [1.54, 1.807) is 0 Å². The average Bonchev–Trinajstić information content (AvgIpc) is 2.81. The van der Waals surface area contributed by atoms with Crippen LogP contribution < -0.4 is 5.32 Å². The van der Waals surface area contributed by atoms with Gasteiger partial charge in [-0.2, -0.15) is 0 Å². The first-order valence-corrected chi connectivity index (χ1v) is 6.72. The molecule has 0 aromatic rings. The second-order valence-corrected chi connectivity index (χ2v) is 5.91. The highest BCUT2D eigenvalue weighted by molar-refractivity contribution is 4.94. The third-order valence-electron chi connectivity index (χ3n) is 4.50. The Balaban J connectivity index is 1.48. The summed E-state index contributed by atoms with van der Waals surface area (Å²) in [5, 5.41) is 3.73. The standard InChI is InChI=1S/C13H23NO2/c1-10-6-11(10)8-14-12-2-4-16-13(7-12)3-5-15-9-13/h10-12,14H,2-9H2,1H3. The van der Waals surface area contributed by atoms with Crippen molar-refractivity contribution in [3.8, 4) is 0 Å². The maximum Gasteiger partial charge on any atom is 0.0951 e. The van der Waals surface area contributed by atoms with E-state index in [2.05, 4.69) is 12.2 Å². The predicted octanol–water partition coefficient (Wildman–Crippen LogP) is 1.57. The van der Waals surface area contributed by atoms with Crippen molar-refractivity contribution in [2.75, 3.05) is 26.4 Å². The van der Waals surface area contributed by atoms with Crippen LogP contribution in [0.1, 0.15) is 32.6 Å². The van der Waals surface area contributed by atoms with Gasteiger partial charge in [0.2, 0.25) is 0 Å². The lowest BCUT2D eigenvalue weighted by Gasteiger charge is -2.37. The fourth-order valence-corrected chi connectivity index (χ4v) is 3.07. The van der Waals surface area contributed by atoms with Crippen LogP contribution in [0.2, 0.25) is 0 Å². The maximum atomic E-state index is 5.94. The van der Waals surface area contributed by atoms with Crippen LogP contribution in [0.5, 0.6) is 0 Å². The fraction of sp³-hybridized carbons (Fsp3) is 1.00. The minimum atomic E-state index is 0.0606. The Kier molecular flexibility index (Phi) is 2.94. The van der Waals surface area contributed by atoms with Crippen molar-refractivity contribution in [1.82, 2.24) is 5.32 Å². The first-order valence-electron chi connectivity index (χ1n) is 6.72. The first-order chi connectivity index (χ1) is 7.77. The van der Waals surface area contributed by atoms with Gasteiger partial charge >= 0.3 is 0 Å². The number of nitrogens with one attached hydrogen (secondary N) is 1. The fourth-order valence-electron chi connectivity index (χ4n) is 3.07. The molecule has 3 fully saturated rings. The third kappa shape index (κ3) is 2.27. The minimum Gasteiger partial charge on any atom is -0.378 e. The number of rotatable bonds is 3. The Morgan fingerprint density at radius 2 is 2.25 bits per heavy atom. The van der Waals surface area contributed by atoms with Gasteiger partial charge in [-0.3, -0.25) is 0 Å². The third-order valence-corrected chi connectivity index (χ3v) is 4.50. The molecule has 92 valence electrons. The van der Waals surface area contributed by atoms with Crippen molar-refractivity contribution in [2.24, 2.45) is 11.8 Å². The van der Waals surface area contributed by atoms with Crippen LogP contribution in [0.4, 0.5) is 0 Å². The summed E-state index contributed by atoms with van der Waals surface area (Å²) in [5.74, 6) is 1.90. The van der Waals surface area contributed by atoms with Gasteiger partial charge in [0.1, 0.15) is 0 Å². The largest absolute Gasteiger partial charge is 0.378 e. The normalized spacial score (nSPS) is 47.4. The van der Waals surface area contributed by atoms with Gasteiger partial charge in [0, 0.05) is 25.7 Å². The van der Waals surface area contributed by atoms with Crippen molar-refractivity contribution in [2.45, 2.75) is 44.2 Å². The highest BCUT2D eigenvalue weighted by atomic mass is 16.6. The van der Waals surface area contributed by atoms with E-state index in [0.717, 1.165) is 44.5 Å². The van der Waals surface area contributed by atoms with Crippen LogP contribution in [-0.4, -0.2) is 38.0 Å². The van der Waals surface area contributed by atoms with Crippen LogP contribution in [0.15, 0.2) is 0 Å². The lowest BCUT2D eigenvalue weighted by atomic mass is 9.89. The molecule has 3 nitrogen and oxygen atoms in total. The molecule has 3 rings (SSSR count). The van der Waals surface area contributed by atoms with Crippen molar-refractivity contribution in [3.63, 3.8) is 0 Å². The molecule has 2 heterocycles. The van der Waals surface area contributed by atoms with Gasteiger partial charge in [-0.25, -0.2) is 0 Å². The van der Waals surface area contributed by atoms with Gasteiger partial charge in [-0.05, 0) is 37.6 Å².